The summed E-state index contributed by atoms with van der Waals surface area (Å²) in [4.78, 5) is 16.7. The number of nitrogens with one attached hydrogen (secondary N) is 1. The SMILES string of the molecule is COc1ccc(C(=O)Nc2nnc(SCc3nc(-c4ccccc4)no3)s2)cc1. The van der Waals surface area contributed by atoms with Gasteiger partial charge in [-0.05, 0) is 24.3 Å². The lowest BCUT2D eigenvalue weighted by atomic mass is 10.2. The number of carbonyl (C=O) groups excluding carboxylic acids is 1. The van der Waals surface area contributed by atoms with E-state index in [4.69, 9.17) is 9.26 Å². The first kappa shape index (κ1) is 19.1. The van der Waals surface area contributed by atoms with E-state index in [1.165, 1.54) is 23.1 Å². The Morgan fingerprint density at radius 3 is 2.69 bits per heavy atom. The van der Waals surface area contributed by atoms with Crippen LogP contribution < -0.4 is 10.1 Å². The smallest absolute Gasteiger partial charge is 0.257 e. The van der Waals surface area contributed by atoms with Gasteiger partial charge < -0.3 is 9.26 Å². The molecule has 0 radical (unpaired) electrons. The van der Waals surface area contributed by atoms with Gasteiger partial charge in [0.25, 0.3) is 5.91 Å². The van der Waals surface area contributed by atoms with Gasteiger partial charge in [0.15, 0.2) is 4.34 Å². The third-order valence-corrected chi connectivity index (χ3v) is 5.76. The van der Waals surface area contributed by atoms with Crippen LogP contribution in [0.15, 0.2) is 63.5 Å². The predicted octanol–water partition coefficient (Wildman–Crippen LogP) is 4.14. The third-order valence-electron chi connectivity index (χ3n) is 3.80. The molecule has 0 saturated heterocycles. The molecule has 0 atom stereocenters. The Labute approximate surface area is 174 Å². The molecule has 0 saturated carbocycles. The van der Waals surface area contributed by atoms with E-state index >= 15 is 0 Å². The molecular weight excluding hydrogens is 410 g/mol. The van der Waals surface area contributed by atoms with Crippen LogP contribution in [0.5, 0.6) is 5.75 Å². The van der Waals surface area contributed by atoms with Crippen LogP contribution >= 0.6 is 23.1 Å². The summed E-state index contributed by atoms with van der Waals surface area (Å²) < 4.78 is 11.1. The fourth-order valence-electron chi connectivity index (χ4n) is 2.37. The second-order valence-corrected chi connectivity index (χ2v) is 7.92. The number of hydrogen-bond donors (Lipinski definition) is 1. The minimum absolute atomic E-state index is 0.259. The highest BCUT2D eigenvalue weighted by Gasteiger charge is 2.13. The molecule has 2 aromatic heterocycles. The molecule has 1 N–H and O–H groups in total. The van der Waals surface area contributed by atoms with Crippen LogP contribution in [0.2, 0.25) is 0 Å². The highest BCUT2D eigenvalue weighted by molar-refractivity contribution is 8.00. The highest BCUT2D eigenvalue weighted by Crippen LogP contribution is 2.28. The summed E-state index contributed by atoms with van der Waals surface area (Å²) in [7, 11) is 1.58. The molecule has 2 aromatic carbocycles. The number of anilines is 1. The van der Waals surface area contributed by atoms with Gasteiger partial charge in [0.05, 0.1) is 12.9 Å². The van der Waals surface area contributed by atoms with Crippen LogP contribution in [0.3, 0.4) is 0 Å². The summed E-state index contributed by atoms with van der Waals surface area (Å²) >= 11 is 2.69. The Bertz CT molecular complexity index is 1100. The van der Waals surface area contributed by atoms with E-state index in [9.17, 15) is 4.79 Å². The molecule has 0 unspecified atom stereocenters. The van der Waals surface area contributed by atoms with Crippen molar-refractivity contribution in [2.24, 2.45) is 0 Å². The Balaban J connectivity index is 1.33. The number of thioether (sulfide) groups is 1. The number of benzene rings is 2. The molecule has 0 bridgehead atoms. The van der Waals surface area contributed by atoms with Crippen molar-refractivity contribution in [3.8, 4) is 17.1 Å². The molecule has 2 heterocycles. The number of nitrogens with zero attached hydrogens (tertiary/aromatic N) is 4. The summed E-state index contributed by atoms with van der Waals surface area (Å²) in [6.45, 7) is 0. The van der Waals surface area contributed by atoms with Crippen molar-refractivity contribution in [1.29, 1.82) is 0 Å². The zero-order chi connectivity index (χ0) is 20.1. The Morgan fingerprint density at radius 2 is 1.93 bits per heavy atom. The molecule has 1 amide bonds. The minimum atomic E-state index is -0.259. The maximum atomic E-state index is 12.3. The van der Waals surface area contributed by atoms with Crippen molar-refractivity contribution in [3.05, 3.63) is 66.1 Å². The van der Waals surface area contributed by atoms with Gasteiger partial charge in [-0.3, -0.25) is 10.1 Å². The lowest BCUT2D eigenvalue weighted by molar-refractivity contribution is 0.102. The van der Waals surface area contributed by atoms with Gasteiger partial charge in [0, 0.05) is 11.1 Å². The van der Waals surface area contributed by atoms with Crippen LogP contribution in [-0.2, 0) is 5.75 Å². The van der Waals surface area contributed by atoms with Gasteiger partial charge in [-0.1, -0.05) is 58.6 Å². The number of carbonyl (C=O) groups is 1. The van der Waals surface area contributed by atoms with Crippen molar-refractivity contribution >= 4 is 34.1 Å². The lowest BCUT2D eigenvalue weighted by Gasteiger charge is -2.02. The maximum absolute atomic E-state index is 12.3. The minimum Gasteiger partial charge on any atom is -0.497 e. The van der Waals surface area contributed by atoms with Crippen LogP contribution in [0.4, 0.5) is 5.13 Å². The fraction of sp³-hybridized carbons (Fsp3) is 0.105. The predicted molar refractivity (Wildman–Crippen MR) is 110 cm³/mol. The van der Waals surface area contributed by atoms with E-state index in [1.807, 2.05) is 30.3 Å². The van der Waals surface area contributed by atoms with E-state index in [1.54, 1.807) is 31.4 Å². The molecule has 29 heavy (non-hydrogen) atoms. The van der Waals surface area contributed by atoms with Gasteiger partial charge in [-0.15, -0.1) is 10.2 Å². The van der Waals surface area contributed by atoms with E-state index in [-0.39, 0.29) is 5.91 Å². The lowest BCUT2D eigenvalue weighted by Crippen LogP contribution is -2.11. The van der Waals surface area contributed by atoms with Gasteiger partial charge in [0.1, 0.15) is 5.75 Å². The van der Waals surface area contributed by atoms with Crippen molar-refractivity contribution in [2.75, 3.05) is 12.4 Å². The molecule has 8 nitrogen and oxygen atoms in total. The maximum Gasteiger partial charge on any atom is 0.257 e. The van der Waals surface area contributed by atoms with Crippen LogP contribution in [0, 0.1) is 0 Å². The van der Waals surface area contributed by atoms with Gasteiger partial charge >= 0.3 is 0 Å². The molecule has 0 aliphatic heterocycles. The van der Waals surface area contributed by atoms with Crippen LogP contribution in [0.25, 0.3) is 11.4 Å². The number of methoxy groups -OCH3 is 1. The van der Waals surface area contributed by atoms with Gasteiger partial charge in [0.2, 0.25) is 16.8 Å². The zero-order valence-corrected chi connectivity index (χ0v) is 16.9. The summed E-state index contributed by atoms with van der Waals surface area (Å²) in [5, 5.41) is 15.2. The number of hydrogen-bond acceptors (Lipinski definition) is 9. The first-order valence-electron chi connectivity index (χ1n) is 8.51. The standard InChI is InChI=1S/C19H15N5O3S2/c1-26-14-9-7-13(8-10-14)17(25)21-18-22-23-19(29-18)28-11-15-20-16(24-27-15)12-5-3-2-4-6-12/h2-10H,11H2,1H3,(H,21,22,25). The normalized spacial score (nSPS) is 10.7. The molecule has 0 spiro atoms. The molecule has 10 heteroatoms. The number of amides is 1. The summed E-state index contributed by atoms with van der Waals surface area (Å²) in [6.07, 6.45) is 0. The first-order chi connectivity index (χ1) is 14.2. The van der Waals surface area contributed by atoms with E-state index in [2.05, 4.69) is 25.7 Å². The summed E-state index contributed by atoms with van der Waals surface area (Å²) in [6, 6.07) is 16.4. The monoisotopic (exact) mass is 425 g/mol. The number of aromatic nitrogens is 4. The zero-order valence-electron chi connectivity index (χ0n) is 15.2. The highest BCUT2D eigenvalue weighted by atomic mass is 32.2. The summed E-state index contributed by atoms with van der Waals surface area (Å²) in [5.41, 5.74) is 1.40. The van der Waals surface area contributed by atoms with Crippen molar-refractivity contribution in [3.63, 3.8) is 0 Å². The van der Waals surface area contributed by atoms with Crippen molar-refractivity contribution < 1.29 is 14.1 Å². The number of rotatable bonds is 7. The van der Waals surface area contributed by atoms with Crippen molar-refractivity contribution in [2.45, 2.75) is 10.1 Å². The Morgan fingerprint density at radius 1 is 1.14 bits per heavy atom. The van der Waals surface area contributed by atoms with Crippen molar-refractivity contribution in [1.82, 2.24) is 20.3 Å². The van der Waals surface area contributed by atoms with Gasteiger partial charge in [-0.25, -0.2) is 0 Å². The topological polar surface area (TPSA) is 103 Å². The second-order valence-electron chi connectivity index (χ2n) is 5.72. The van der Waals surface area contributed by atoms with E-state index < -0.39 is 0 Å². The van der Waals surface area contributed by atoms with E-state index in [0.29, 0.717) is 38.3 Å². The average Bonchev–Trinajstić information content (AvgIpc) is 3.42. The fourth-order valence-corrected chi connectivity index (χ4v) is 3.96. The third kappa shape index (κ3) is 4.79. The molecule has 4 aromatic rings. The molecule has 0 fully saturated rings. The molecule has 4 rings (SSSR count). The average molecular weight is 425 g/mol. The van der Waals surface area contributed by atoms with Gasteiger partial charge in [-0.2, -0.15) is 4.98 Å². The molecule has 0 aliphatic rings. The summed E-state index contributed by atoms with van der Waals surface area (Å²) in [5.74, 6) is 1.93. The van der Waals surface area contributed by atoms with Crippen LogP contribution in [0.1, 0.15) is 16.2 Å². The first-order valence-corrected chi connectivity index (χ1v) is 10.3. The Hall–Kier alpha value is -3.24. The quantitative estimate of drug-likeness (QED) is 0.348. The Kier molecular flexibility index (Phi) is 5.82. The van der Waals surface area contributed by atoms with Crippen LogP contribution in [-0.4, -0.2) is 33.4 Å². The van der Waals surface area contributed by atoms with E-state index in [0.717, 1.165) is 5.56 Å². The molecule has 0 aliphatic carbocycles. The number of ether oxygens (including phenoxy) is 1. The molecular formula is C19H15N5O3S2. The largest absolute Gasteiger partial charge is 0.497 e. The second kappa shape index (κ2) is 8.84. The molecule has 146 valence electrons.